The molecule has 0 unspecified atom stereocenters. The number of aromatic nitrogens is 1. The van der Waals surface area contributed by atoms with Gasteiger partial charge >= 0.3 is 0 Å². The summed E-state index contributed by atoms with van der Waals surface area (Å²) in [7, 11) is 1.68. The van der Waals surface area contributed by atoms with Crippen molar-refractivity contribution in [2.45, 2.75) is 0 Å². The number of fused-ring (bicyclic) bond motifs is 2. The SMILES string of the molecule is COc1ccc2ccccc2c1-c1ccc(O)c2ncccc12. The summed E-state index contributed by atoms with van der Waals surface area (Å²) in [5.41, 5.74) is 2.61. The number of hydrogen-bond donors (Lipinski definition) is 1. The lowest BCUT2D eigenvalue weighted by Gasteiger charge is -2.14. The van der Waals surface area contributed by atoms with E-state index in [1.807, 2.05) is 36.4 Å². The predicted molar refractivity (Wildman–Crippen MR) is 92.9 cm³/mol. The van der Waals surface area contributed by atoms with Crippen LogP contribution in [0.2, 0.25) is 0 Å². The Bertz CT molecular complexity index is 1020. The van der Waals surface area contributed by atoms with Gasteiger partial charge in [-0.05, 0) is 40.6 Å². The summed E-state index contributed by atoms with van der Waals surface area (Å²) in [5, 5.41) is 13.3. The Morgan fingerprint density at radius 2 is 1.70 bits per heavy atom. The predicted octanol–water partition coefficient (Wildman–Crippen LogP) is 4.77. The minimum atomic E-state index is 0.184. The first-order chi connectivity index (χ1) is 11.3. The highest BCUT2D eigenvalue weighted by atomic mass is 16.5. The fourth-order valence-corrected chi connectivity index (χ4v) is 3.08. The topological polar surface area (TPSA) is 42.4 Å². The van der Waals surface area contributed by atoms with Gasteiger partial charge in [0.1, 0.15) is 17.0 Å². The Balaban J connectivity index is 2.17. The summed E-state index contributed by atoms with van der Waals surface area (Å²) in [6.45, 7) is 0. The highest BCUT2D eigenvalue weighted by molar-refractivity contribution is 6.07. The Morgan fingerprint density at radius 1 is 0.870 bits per heavy atom. The number of methoxy groups -OCH3 is 1. The molecule has 0 amide bonds. The van der Waals surface area contributed by atoms with E-state index in [9.17, 15) is 5.11 Å². The van der Waals surface area contributed by atoms with Crippen molar-refractivity contribution in [2.24, 2.45) is 0 Å². The third-order valence-corrected chi connectivity index (χ3v) is 4.13. The molecule has 4 rings (SSSR count). The van der Waals surface area contributed by atoms with E-state index in [-0.39, 0.29) is 5.75 Å². The van der Waals surface area contributed by atoms with E-state index in [4.69, 9.17) is 4.74 Å². The number of rotatable bonds is 2. The van der Waals surface area contributed by atoms with Crippen molar-refractivity contribution in [3.05, 3.63) is 66.9 Å². The van der Waals surface area contributed by atoms with E-state index in [0.29, 0.717) is 5.52 Å². The quantitative estimate of drug-likeness (QED) is 0.580. The number of pyridine rings is 1. The van der Waals surface area contributed by atoms with Gasteiger partial charge in [0.15, 0.2) is 0 Å². The average Bonchev–Trinajstić information content (AvgIpc) is 2.62. The highest BCUT2D eigenvalue weighted by Crippen LogP contribution is 2.41. The minimum absolute atomic E-state index is 0.184. The van der Waals surface area contributed by atoms with Crippen LogP contribution in [-0.4, -0.2) is 17.2 Å². The molecule has 0 spiro atoms. The van der Waals surface area contributed by atoms with Gasteiger partial charge in [-0.2, -0.15) is 0 Å². The summed E-state index contributed by atoms with van der Waals surface area (Å²) in [4.78, 5) is 4.31. The maximum Gasteiger partial charge on any atom is 0.141 e. The molecule has 0 saturated heterocycles. The van der Waals surface area contributed by atoms with Gasteiger partial charge in [0, 0.05) is 17.1 Å². The fourth-order valence-electron chi connectivity index (χ4n) is 3.08. The maximum atomic E-state index is 10.1. The van der Waals surface area contributed by atoms with E-state index in [1.54, 1.807) is 19.4 Å². The molecule has 1 N–H and O–H groups in total. The van der Waals surface area contributed by atoms with Crippen LogP contribution in [0.1, 0.15) is 0 Å². The molecule has 3 aromatic carbocycles. The van der Waals surface area contributed by atoms with Gasteiger partial charge in [-0.1, -0.05) is 36.4 Å². The maximum absolute atomic E-state index is 10.1. The molecule has 1 heterocycles. The second-order valence-corrected chi connectivity index (χ2v) is 5.40. The summed E-state index contributed by atoms with van der Waals surface area (Å²) in [6.07, 6.45) is 1.69. The Morgan fingerprint density at radius 3 is 2.57 bits per heavy atom. The van der Waals surface area contributed by atoms with Crippen LogP contribution in [0.15, 0.2) is 66.9 Å². The molecular weight excluding hydrogens is 286 g/mol. The number of phenolic OH excluding ortho intramolecular Hbond substituents is 1. The molecule has 0 aliphatic rings. The lowest BCUT2D eigenvalue weighted by molar-refractivity contribution is 0.417. The Labute approximate surface area is 133 Å². The molecule has 1 aromatic heterocycles. The monoisotopic (exact) mass is 301 g/mol. The summed E-state index contributed by atoms with van der Waals surface area (Å²) in [5.74, 6) is 0.989. The van der Waals surface area contributed by atoms with Crippen LogP contribution in [0.25, 0.3) is 32.8 Å². The van der Waals surface area contributed by atoms with Crippen molar-refractivity contribution < 1.29 is 9.84 Å². The summed E-state index contributed by atoms with van der Waals surface area (Å²) < 4.78 is 5.60. The number of hydrogen-bond acceptors (Lipinski definition) is 3. The van der Waals surface area contributed by atoms with E-state index < -0.39 is 0 Å². The van der Waals surface area contributed by atoms with Crippen LogP contribution in [-0.2, 0) is 0 Å². The molecule has 4 aromatic rings. The van der Waals surface area contributed by atoms with Crippen LogP contribution in [0.3, 0.4) is 0 Å². The van der Waals surface area contributed by atoms with Gasteiger partial charge < -0.3 is 9.84 Å². The van der Waals surface area contributed by atoms with Gasteiger partial charge in [0.25, 0.3) is 0 Å². The number of benzene rings is 3. The van der Waals surface area contributed by atoms with Crippen LogP contribution >= 0.6 is 0 Å². The smallest absolute Gasteiger partial charge is 0.141 e. The summed E-state index contributed by atoms with van der Waals surface area (Å²) in [6, 6.07) is 19.7. The molecule has 0 fully saturated rings. The molecule has 3 heteroatoms. The second-order valence-electron chi connectivity index (χ2n) is 5.40. The lowest BCUT2D eigenvalue weighted by atomic mass is 9.94. The number of ether oxygens (including phenoxy) is 1. The van der Waals surface area contributed by atoms with Gasteiger partial charge in [0.05, 0.1) is 7.11 Å². The fraction of sp³-hybridized carbons (Fsp3) is 0.0500. The average molecular weight is 301 g/mol. The molecule has 0 saturated carbocycles. The third kappa shape index (κ3) is 2.09. The molecule has 0 atom stereocenters. The zero-order valence-corrected chi connectivity index (χ0v) is 12.7. The van der Waals surface area contributed by atoms with Crippen LogP contribution in [0.4, 0.5) is 0 Å². The van der Waals surface area contributed by atoms with Gasteiger partial charge in [-0.25, -0.2) is 0 Å². The zero-order valence-electron chi connectivity index (χ0n) is 12.7. The molecule has 3 nitrogen and oxygen atoms in total. The first-order valence-electron chi connectivity index (χ1n) is 7.42. The van der Waals surface area contributed by atoms with Crippen LogP contribution in [0.5, 0.6) is 11.5 Å². The van der Waals surface area contributed by atoms with Crippen molar-refractivity contribution in [2.75, 3.05) is 7.11 Å². The van der Waals surface area contributed by atoms with Crippen molar-refractivity contribution >= 4 is 21.7 Å². The molecule has 23 heavy (non-hydrogen) atoms. The van der Waals surface area contributed by atoms with Crippen molar-refractivity contribution in [1.82, 2.24) is 4.98 Å². The van der Waals surface area contributed by atoms with Crippen molar-refractivity contribution in [3.63, 3.8) is 0 Å². The Hall–Kier alpha value is -3.07. The van der Waals surface area contributed by atoms with Crippen LogP contribution < -0.4 is 4.74 Å². The first-order valence-corrected chi connectivity index (χ1v) is 7.42. The Kier molecular flexibility index (Phi) is 3.12. The van der Waals surface area contributed by atoms with Gasteiger partial charge in [0.2, 0.25) is 0 Å². The first kappa shape index (κ1) is 13.6. The lowest BCUT2D eigenvalue weighted by Crippen LogP contribution is -1.91. The number of nitrogens with zero attached hydrogens (tertiary/aromatic N) is 1. The summed E-state index contributed by atoms with van der Waals surface area (Å²) >= 11 is 0. The largest absolute Gasteiger partial charge is 0.506 e. The van der Waals surface area contributed by atoms with E-state index in [2.05, 4.69) is 23.2 Å². The molecule has 0 aliphatic carbocycles. The standard InChI is InChI=1S/C20H15NO2/c1-23-18-11-8-13-5-2-3-6-14(13)19(18)15-9-10-17(22)20-16(15)7-4-12-21-20/h2-12,22H,1H3. The van der Waals surface area contributed by atoms with E-state index >= 15 is 0 Å². The van der Waals surface area contributed by atoms with E-state index in [1.165, 1.54) is 0 Å². The highest BCUT2D eigenvalue weighted by Gasteiger charge is 2.15. The second kappa shape index (κ2) is 5.29. The number of phenols is 1. The van der Waals surface area contributed by atoms with Gasteiger partial charge in [-0.3, -0.25) is 4.98 Å². The minimum Gasteiger partial charge on any atom is -0.506 e. The van der Waals surface area contributed by atoms with E-state index in [0.717, 1.165) is 33.0 Å². The third-order valence-electron chi connectivity index (χ3n) is 4.13. The van der Waals surface area contributed by atoms with Crippen molar-refractivity contribution in [3.8, 4) is 22.6 Å². The zero-order chi connectivity index (χ0) is 15.8. The molecular formula is C20H15NO2. The molecule has 0 radical (unpaired) electrons. The number of aromatic hydroxyl groups is 1. The molecule has 0 bridgehead atoms. The molecule has 0 aliphatic heterocycles. The van der Waals surface area contributed by atoms with Crippen molar-refractivity contribution in [1.29, 1.82) is 0 Å². The van der Waals surface area contributed by atoms with Gasteiger partial charge in [-0.15, -0.1) is 0 Å². The van der Waals surface area contributed by atoms with Crippen LogP contribution in [0, 0.1) is 0 Å². The molecule has 112 valence electrons. The normalized spacial score (nSPS) is 11.0.